The summed E-state index contributed by atoms with van der Waals surface area (Å²) in [4.78, 5) is 18.6. The number of halogens is 3. The number of alkyl halides is 3. The van der Waals surface area contributed by atoms with Crippen molar-refractivity contribution in [3.63, 3.8) is 0 Å². The smallest absolute Gasteiger partial charge is 0.433 e. The molecule has 174 valence electrons. The molecule has 1 aliphatic heterocycles. The molecule has 1 fully saturated rings. The van der Waals surface area contributed by atoms with Crippen LogP contribution in [0.4, 0.5) is 13.2 Å². The molecule has 1 aliphatic rings. The van der Waals surface area contributed by atoms with Crippen molar-refractivity contribution >= 4 is 16.0 Å². The van der Waals surface area contributed by atoms with E-state index in [1.165, 1.54) is 26.4 Å². The minimum Gasteiger partial charge on any atom is -0.495 e. The van der Waals surface area contributed by atoms with Crippen molar-refractivity contribution in [1.82, 2.24) is 14.3 Å². The summed E-state index contributed by atoms with van der Waals surface area (Å²) in [7, 11) is -1.67. The van der Waals surface area contributed by atoms with Crippen LogP contribution < -0.4 is 9.47 Å². The zero-order valence-corrected chi connectivity index (χ0v) is 17.9. The number of hydrogen-bond donors (Lipinski definition) is 0. The summed E-state index contributed by atoms with van der Waals surface area (Å²) in [6.07, 6.45) is -3.72. The lowest BCUT2D eigenvalue weighted by Gasteiger charge is -2.32. The third-order valence-corrected chi connectivity index (χ3v) is 6.63. The minimum atomic E-state index is -4.66. The lowest BCUT2D eigenvalue weighted by Crippen LogP contribution is -2.44. The van der Waals surface area contributed by atoms with Crippen molar-refractivity contribution in [3.8, 4) is 11.8 Å². The fraction of sp³-hybridized carbons (Fsp3) is 0.421. The van der Waals surface area contributed by atoms with E-state index in [1.54, 1.807) is 0 Å². The number of benzene rings is 1. The van der Waals surface area contributed by atoms with Gasteiger partial charge >= 0.3 is 18.2 Å². The molecule has 0 bridgehead atoms. The van der Waals surface area contributed by atoms with Gasteiger partial charge in [0, 0.05) is 12.7 Å². The SMILES string of the molecule is COC(=O)c1ccc(OC)c(S(=O)(=O)N2CCCC(Oc3nccc(C(F)(F)F)n3)C2)c1. The second-order valence-electron chi connectivity index (χ2n) is 6.82. The Morgan fingerprint density at radius 1 is 1.22 bits per heavy atom. The Balaban J connectivity index is 1.84. The van der Waals surface area contributed by atoms with Gasteiger partial charge in [0.1, 0.15) is 16.7 Å². The van der Waals surface area contributed by atoms with Crippen molar-refractivity contribution in [2.45, 2.75) is 30.0 Å². The highest BCUT2D eigenvalue weighted by Gasteiger charge is 2.35. The first kappa shape index (κ1) is 23.7. The van der Waals surface area contributed by atoms with Gasteiger partial charge in [-0.3, -0.25) is 0 Å². The first-order valence-electron chi connectivity index (χ1n) is 9.39. The number of piperidine rings is 1. The van der Waals surface area contributed by atoms with Crippen molar-refractivity contribution < 1.29 is 40.6 Å². The van der Waals surface area contributed by atoms with Gasteiger partial charge in [0.05, 0.1) is 26.3 Å². The second kappa shape index (κ2) is 9.28. The molecule has 0 amide bonds. The van der Waals surface area contributed by atoms with E-state index in [1.807, 2.05) is 0 Å². The molecule has 1 unspecified atom stereocenters. The Hall–Kier alpha value is -2.93. The quantitative estimate of drug-likeness (QED) is 0.587. The van der Waals surface area contributed by atoms with Gasteiger partial charge in [-0.25, -0.2) is 18.2 Å². The number of hydrogen-bond acceptors (Lipinski definition) is 8. The van der Waals surface area contributed by atoms with Gasteiger partial charge in [-0.15, -0.1) is 0 Å². The van der Waals surface area contributed by atoms with Crippen molar-refractivity contribution in [1.29, 1.82) is 0 Å². The van der Waals surface area contributed by atoms with Crippen LogP contribution in [0.15, 0.2) is 35.4 Å². The van der Waals surface area contributed by atoms with E-state index in [0.717, 1.165) is 16.6 Å². The molecule has 32 heavy (non-hydrogen) atoms. The molecule has 0 spiro atoms. The summed E-state index contributed by atoms with van der Waals surface area (Å²) < 4.78 is 81.5. The summed E-state index contributed by atoms with van der Waals surface area (Å²) in [5, 5.41) is 0. The van der Waals surface area contributed by atoms with Gasteiger partial charge in [0.2, 0.25) is 10.0 Å². The van der Waals surface area contributed by atoms with Crippen LogP contribution in [0.1, 0.15) is 28.9 Å². The molecule has 0 aliphatic carbocycles. The monoisotopic (exact) mass is 475 g/mol. The van der Waals surface area contributed by atoms with Gasteiger partial charge < -0.3 is 14.2 Å². The molecular weight excluding hydrogens is 455 g/mol. The van der Waals surface area contributed by atoms with E-state index in [0.29, 0.717) is 18.9 Å². The molecule has 13 heteroatoms. The topological polar surface area (TPSA) is 108 Å². The standard InChI is InChI=1S/C19H20F3N3O6S/c1-29-14-6-5-12(17(26)30-2)10-15(14)32(27,28)25-9-3-4-13(11-25)31-18-23-8-7-16(24-18)19(20,21)22/h5-8,10,13H,3-4,9,11H2,1-2H3. The normalized spacial score (nSPS) is 17.6. The summed E-state index contributed by atoms with van der Waals surface area (Å²) in [6.45, 7) is 0.00475. The molecule has 0 N–H and O–H groups in total. The highest BCUT2D eigenvalue weighted by molar-refractivity contribution is 7.89. The molecular formula is C19H20F3N3O6S. The molecule has 1 atom stereocenters. The fourth-order valence-corrected chi connectivity index (χ4v) is 4.88. The predicted molar refractivity (Wildman–Crippen MR) is 104 cm³/mol. The van der Waals surface area contributed by atoms with E-state index in [-0.39, 0.29) is 29.3 Å². The first-order chi connectivity index (χ1) is 15.1. The number of sulfonamides is 1. The Bertz CT molecular complexity index is 1090. The van der Waals surface area contributed by atoms with Crippen LogP contribution in [0.25, 0.3) is 0 Å². The molecule has 0 saturated carbocycles. The van der Waals surface area contributed by atoms with E-state index in [4.69, 9.17) is 9.47 Å². The van der Waals surface area contributed by atoms with Crippen LogP contribution in [0.5, 0.6) is 11.8 Å². The number of carbonyl (C=O) groups is 1. The van der Waals surface area contributed by atoms with E-state index in [2.05, 4.69) is 14.7 Å². The van der Waals surface area contributed by atoms with E-state index < -0.39 is 40.0 Å². The average Bonchev–Trinajstić information content (AvgIpc) is 2.78. The average molecular weight is 475 g/mol. The maximum Gasteiger partial charge on any atom is 0.433 e. The lowest BCUT2D eigenvalue weighted by molar-refractivity contribution is -0.141. The largest absolute Gasteiger partial charge is 0.495 e. The van der Waals surface area contributed by atoms with Crippen LogP contribution in [0, 0.1) is 0 Å². The Morgan fingerprint density at radius 2 is 1.97 bits per heavy atom. The van der Waals surface area contributed by atoms with Gasteiger partial charge in [0.25, 0.3) is 0 Å². The molecule has 0 radical (unpaired) electrons. The summed E-state index contributed by atoms with van der Waals surface area (Å²) in [5.74, 6) is -0.687. The van der Waals surface area contributed by atoms with Crippen molar-refractivity contribution in [2.24, 2.45) is 0 Å². The number of carbonyl (C=O) groups excluding carboxylic acids is 1. The number of methoxy groups -OCH3 is 2. The molecule has 1 saturated heterocycles. The van der Waals surface area contributed by atoms with Crippen LogP contribution >= 0.6 is 0 Å². The molecule has 2 heterocycles. The van der Waals surface area contributed by atoms with Gasteiger partial charge in [-0.1, -0.05) is 0 Å². The third-order valence-electron chi connectivity index (χ3n) is 4.74. The summed E-state index contributed by atoms with van der Waals surface area (Å²) in [6, 6.07) is 4.09. The Labute approximate surface area is 182 Å². The minimum absolute atomic E-state index is 0.0223. The fourth-order valence-electron chi connectivity index (χ4n) is 3.19. The zero-order valence-electron chi connectivity index (χ0n) is 17.1. The van der Waals surface area contributed by atoms with E-state index >= 15 is 0 Å². The molecule has 9 nitrogen and oxygen atoms in total. The molecule has 1 aromatic carbocycles. The predicted octanol–water partition coefficient (Wildman–Crippen LogP) is 2.52. The number of nitrogens with zero attached hydrogens (tertiary/aromatic N) is 3. The van der Waals surface area contributed by atoms with Gasteiger partial charge in [0.15, 0.2) is 5.69 Å². The highest BCUT2D eigenvalue weighted by atomic mass is 32.2. The van der Waals surface area contributed by atoms with Crippen LogP contribution in [0.2, 0.25) is 0 Å². The molecule has 1 aromatic heterocycles. The maximum absolute atomic E-state index is 13.3. The maximum atomic E-state index is 13.3. The van der Waals surface area contributed by atoms with Crippen LogP contribution in [0.3, 0.4) is 0 Å². The number of esters is 1. The lowest BCUT2D eigenvalue weighted by atomic mass is 10.1. The van der Waals surface area contributed by atoms with Crippen molar-refractivity contribution in [3.05, 3.63) is 41.7 Å². The Kier molecular flexibility index (Phi) is 6.88. The van der Waals surface area contributed by atoms with Gasteiger partial charge in [-0.05, 0) is 37.1 Å². The van der Waals surface area contributed by atoms with Crippen LogP contribution in [-0.4, -0.2) is 62.1 Å². The Morgan fingerprint density at radius 3 is 2.62 bits per heavy atom. The number of rotatable bonds is 6. The van der Waals surface area contributed by atoms with E-state index in [9.17, 15) is 26.4 Å². The number of ether oxygens (including phenoxy) is 3. The number of aromatic nitrogens is 2. The van der Waals surface area contributed by atoms with Crippen LogP contribution in [-0.2, 0) is 20.9 Å². The van der Waals surface area contributed by atoms with Gasteiger partial charge in [-0.2, -0.15) is 22.5 Å². The summed E-state index contributed by atoms with van der Waals surface area (Å²) >= 11 is 0. The van der Waals surface area contributed by atoms with Crippen molar-refractivity contribution in [2.75, 3.05) is 27.3 Å². The molecule has 3 rings (SSSR count). The highest BCUT2D eigenvalue weighted by Crippen LogP contribution is 2.31. The second-order valence-corrected chi connectivity index (χ2v) is 8.73. The third kappa shape index (κ3) is 5.10. The summed E-state index contributed by atoms with van der Waals surface area (Å²) in [5.41, 5.74) is -1.14. The first-order valence-corrected chi connectivity index (χ1v) is 10.8. The molecule has 2 aromatic rings. The zero-order chi connectivity index (χ0) is 23.5.